The summed E-state index contributed by atoms with van der Waals surface area (Å²) in [6.45, 7) is 0. The van der Waals surface area contributed by atoms with Crippen LogP contribution in [0.2, 0.25) is 5.02 Å². The van der Waals surface area contributed by atoms with E-state index < -0.39 is 0 Å². The molecule has 0 atom stereocenters. The SMILES string of the molecule is O=C(NC1CCCCC1)c1ccc(-n2nncc2-c2ccc(Cl)cc2)cc1. The van der Waals surface area contributed by atoms with Crippen LogP contribution in [0, 0.1) is 0 Å². The second-order valence-electron chi connectivity index (χ2n) is 6.89. The van der Waals surface area contributed by atoms with Crippen LogP contribution in [0.25, 0.3) is 16.9 Å². The third-order valence-corrected chi connectivity index (χ3v) is 5.26. The predicted molar refractivity (Wildman–Crippen MR) is 106 cm³/mol. The highest BCUT2D eigenvalue weighted by molar-refractivity contribution is 6.30. The average Bonchev–Trinajstić information content (AvgIpc) is 3.19. The van der Waals surface area contributed by atoms with Crippen molar-refractivity contribution in [1.82, 2.24) is 20.3 Å². The molecule has 1 saturated carbocycles. The zero-order valence-electron chi connectivity index (χ0n) is 14.9. The van der Waals surface area contributed by atoms with Gasteiger partial charge in [0.15, 0.2) is 0 Å². The van der Waals surface area contributed by atoms with Crippen molar-refractivity contribution >= 4 is 17.5 Å². The molecule has 2 aromatic carbocycles. The van der Waals surface area contributed by atoms with Crippen molar-refractivity contribution in [2.24, 2.45) is 0 Å². The van der Waals surface area contributed by atoms with Gasteiger partial charge in [0.05, 0.1) is 17.6 Å². The van der Waals surface area contributed by atoms with Crippen LogP contribution in [0.15, 0.2) is 54.7 Å². The van der Waals surface area contributed by atoms with Crippen LogP contribution < -0.4 is 5.32 Å². The molecule has 3 aromatic rings. The van der Waals surface area contributed by atoms with Crippen molar-refractivity contribution in [2.45, 2.75) is 38.1 Å². The van der Waals surface area contributed by atoms with Gasteiger partial charge in [0.1, 0.15) is 0 Å². The number of carbonyl (C=O) groups excluding carboxylic acids is 1. The van der Waals surface area contributed by atoms with Crippen LogP contribution in [-0.4, -0.2) is 26.9 Å². The lowest BCUT2D eigenvalue weighted by atomic mass is 9.95. The van der Waals surface area contributed by atoms with Crippen LogP contribution >= 0.6 is 11.6 Å². The summed E-state index contributed by atoms with van der Waals surface area (Å²) >= 11 is 5.97. The van der Waals surface area contributed by atoms with Crippen molar-refractivity contribution in [3.05, 3.63) is 65.3 Å². The quantitative estimate of drug-likeness (QED) is 0.716. The van der Waals surface area contributed by atoms with Gasteiger partial charge in [-0.15, -0.1) is 5.10 Å². The van der Waals surface area contributed by atoms with Gasteiger partial charge in [0.25, 0.3) is 5.91 Å². The molecule has 0 saturated heterocycles. The van der Waals surface area contributed by atoms with Crippen LogP contribution in [-0.2, 0) is 0 Å². The van der Waals surface area contributed by atoms with Crippen LogP contribution in [0.3, 0.4) is 0 Å². The third kappa shape index (κ3) is 4.03. The van der Waals surface area contributed by atoms with Gasteiger partial charge in [-0.2, -0.15) is 0 Å². The maximum atomic E-state index is 12.5. The first-order chi connectivity index (χ1) is 13.2. The van der Waals surface area contributed by atoms with Gasteiger partial charge < -0.3 is 5.32 Å². The Labute approximate surface area is 163 Å². The maximum absolute atomic E-state index is 12.5. The van der Waals surface area contributed by atoms with Gasteiger partial charge in [-0.3, -0.25) is 4.79 Å². The van der Waals surface area contributed by atoms with Gasteiger partial charge in [-0.1, -0.05) is 48.2 Å². The molecule has 27 heavy (non-hydrogen) atoms. The molecule has 4 rings (SSSR count). The summed E-state index contributed by atoms with van der Waals surface area (Å²) in [5.41, 5.74) is 3.36. The average molecular weight is 381 g/mol. The predicted octanol–water partition coefficient (Wildman–Crippen LogP) is 4.65. The van der Waals surface area contributed by atoms with Crippen molar-refractivity contribution in [2.75, 3.05) is 0 Å². The first kappa shape index (κ1) is 17.7. The number of nitrogens with one attached hydrogen (secondary N) is 1. The normalized spacial score (nSPS) is 14.9. The molecule has 138 valence electrons. The molecule has 5 nitrogen and oxygen atoms in total. The Morgan fingerprint density at radius 2 is 1.70 bits per heavy atom. The number of rotatable bonds is 4. The summed E-state index contributed by atoms with van der Waals surface area (Å²) in [5.74, 6) is -0.00929. The number of benzene rings is 2. The van der Waals surface area contributed by atoms with E-state index in [9.17, 15) is 4.79 Å². The highest BCUT2D eigenvalue weighted by Gasteiger charge is 2.17. The van der Waals surface area contributed by atoms with Crippen molar-refractivity contribution in [3.63, 3.8) is 0 Å². The smallest absolute Gasteiger partial charge is 0.251 e. The van der Waals surface area contributed by atoms with E-state index in [0.717, 1.165) is 29.8 Å². The van der Waals surface area contributed by atoms with E-state index in [0.29, 0.717) is 16.6 Å². The molecule has 6 heteroatoms. The largest absolute Gasteiger partial charge is 0.349 e. The summed E-state index contributed by atoms with van der Waals surface area (Å²) in [6.07, 6.45) is 7.54. The molecule has 1 fully saturated rings. The summed E-state index contributed by atoms with van der Waals surface area (Å²) in [7, 11) is 0. The molecule has 0 spiro atoms. The van der Waals surface area contributed by atoms with Gasteiger partial charge in [0.2, 0.25) is 0 Å². The molecule has 1 N–H and O–H groups in total. The minimum Gasteiger partial charge on any atom is -0.349 e. The second-order valence-corrected chi connectivity index (χ2v) is 7.33. The molecular formula is C21H21ClN4O. The number of hydrogen-bond acceptors (Lipinski definition) is 3. The highest BCUT2D eigenvalue weighted by Crippen LogP contribution is 2.23. The fourth-order valence-corrected chi connectivity index (χ4v) is 3.64. The maximum Gasteiger partial charge on any atom is 0.251 e. The number of amides is 1. The van der Waals surface area contributed by atoms with Crippen LogP contribution in [0.1, 0.15) is 42.5 Å². The van der Waals surface area contributed by atoms with Crippen LogP contribution in [0.5, 0.6) is 0 Å². The topological polar surface area (TPSA) is 59.8 Å². The minimum absolute atomic E-state index is 0.00929. The summed E-state index contributed by atoms with van der Waals surface area (Å²) in [6, 6.07) is 15.3. The van der Waals surface area contributed by atoms with E-state index in [1.54, 1.807) is 10.9 Å². The molecule has 1 aliphatic carbocycles. The Balaban J connectivity index is 1.52. The summed E-state index contributed by atoms with van der Waals surface area (Å²) < 4.78 is 1.76. The van der Waals surface area contributed by atoms with Gasteiger partial charge in [-0.25, -0.2) is 4.68 Å². The van der Waals surface area contributed by atoms with Crippen molar-refractivity contribution in [1.29, 1.82) is 0 Å². The lowest BCUT2D eigenvalue weighted by Crippen LogP contribution is -2.36. The van der Waals surface area contributed by atoms with Crippen molar-refractivity contribution < 1.29 is 4.79 Å². The molecule has 1 aromatic heterocycles. The summed E-state index contributed by atoms with van der Waals surface area (Å²) in [4.78, 5) is 12.5. The summed E-state index contributed by atoms with van der Waals surface area (Å²) in [5, 5.41) is 12.1. The number of hydrogen-bond donors (Lipinski definition) is 1. The first-order valence-corrected chi connectivity index (χ1v) is 9.66. The number of nitrogens with zero attached hydrogens (tertiary/aromatic N) is 3. The van der Waals surface area contributed by atoms with E-state index in [2.05, 4.69) is 15.6 Å². The molecule has 1 aliphatic rings. The lowest BCUT2D eigenvalue weighted by Gasteiger charge is -2.22. The van der Waals surface area contributed by atoms with E-state index >= 15 is 0 Å². The lowest BCUT2D eigenvalue weighted by molar-refractivity contribution is 0.0927. The van der Waals surface area contributed by atoms with Gasteiger partial charge >= 0.3 is 0 Å². The Kier molecular flexibility index (Phi) is 5.21. The molecular weight excluding hydrogens is 360 g/mol. The monoisotopic (exact) mass is 380 g/mol. The number of halogens is 1. The zero-order valence-corrected chi connectivity index (χ0v) is 15.7. The molecule has 0 radical (unpaired) electrons. The molecule has 0 aliphatic heterocycles. The Hall–Kier alpha value is -2.66. The zero-order chi connectivity index (χ0) is 18.6. The molecule has 0 bridgehead atoms. The second kappa shape index (κ2) is 7.92. The Morgan fingerprint density at radius 1 is 1.00 bits per heavy atom. The standard InChI is InChI=1S/C21H21ClN4O/c22-17-10-6-15(7-11-17)20-14-23-25-26(20)19-12-8-16(9-13-19)21(27)24-18-4-2-1-3-5-18/h6-14,18H,1-5H2,(H,24,27). The molecule has 0 unspecified atom stereocenters. The van der Waals surface area contributed by atoms with Crippen molar-refractivity contribution in [3.8, 4) is 16.9 Å². The van der Waals surface area contributed by atoms with E-state index in [4.69, 9.17) is 11.6 Å². The highest BCUT2D eigenvalue weighted by atomic mass is 35.5. The fraction of sp³-hybridized carbons (Fsp3) is 0.286. The van der Waals surface area contributed by atoms with E-state index in [1.807, 2.05) is 48.5 Å². The molecule has 1 amide bonds. The van der Waals surface area contributed by atoms with Gasteiger partial charge in [0, 0.05) is 22.2 Å². The van der Waals surface area contributed by atoms with Gasteiger partial charge in [-0.05, 0) is 49.2 Å². The van der Waals surface area contributed by atoms with Crippen LogP contribution in [0.4, 0.5) is 0 Å². The third-order valence-electron chi connectivity index (χ3n) is 5.00. The minimum atomic E-state index is -0.00929. The number of aromatic nitrogens is 3. The Morgan fingerprint density at radius 3 is 2.41 bits per heavy atom. The first-order valence-electron chi connectivity index (χ1n) is 9.29. The van der Waals surface area contributed by atoms with E-state index in [1.165, 1.54) is 19.3 Å². The fourth-order valence-electron chi connectivity index (χ4n) is 3.51. The number of carbonyl (C=O) groups is 1. The molecule has 1 heterocycles. The van der Waals surface area contributed by atoms with E-state index in [-0.39, 0.29) is 5.91 Å². The Bertz CT molecular complexity index is 912.